The summed E-state index contributed by atoms with van der Waals surface area (Å²) in [5.74, 6) is 1.65. The molecule has 1 atom stereocenters. The molecule has 0 spiro atoms. The summed E-state index contributed by atoms with van der Waals surface area (Å²) in [5.41, 5.74) is 0.634. The smallest absolute Gasteiger partial charge is 0.252 e. The number of amides is 1. The summed E-state index contributed by atoms with van der Waals surface area (Å²) in [4.78, 5) is 17.7. The monoisotopic (exact) mass is 513 g/mol. The van der Waals surface area contributed by atoms with Gasteiger partial charge in [-0.2, -0.15) is 9.30 Å². The van der Waals surface area contributed by atoms with Crippen molar-refractivity contribution in [1.82, 2.24) is 8.87 Å². The van der Waals surface area contributed by atoms with E-state index in [0.717, 1.165) is 11.3 Å². The molecule has 0 radical (unpaired) electrons. The first-order valence-corrected chi connectivity index (χ1v) is 13.2. The first kappa shape index (κ1) is 22.5. The topological polar surface area (TPSA) is 71.7 Å². The number of benzene rings is 1. The van der Waals surface area contributed by atoms with Crippen LogP contribution in [0.2, 0.25) is 10.0 Å². The lowest BCUT2D eigenvalue weighted by Gasteiger charge is -2.29. The van der Waals surface area contributed by atoms with Gasteiger partial charge < -0.3 is 4.57 Å². The Hall–Kier alpha value is -1.67. The van der Waals surface area contributed by atoms with Crippen molar-refractivity contribution in [3.63, 3.8) is 0 Å². The van der Waals surface area contributed by atoms with Gasteiger partial charge in [-0.1, -0.05) is 46.5 Å². The third-order valence-electron chi connectivity index (χ3n) is 5.01. The van der Waals surface area contributed by atoms with E-state index in [-0.39, 0.29) is 23.2 Å². The summed E-state index contributed by atoms with van der Waals surface area (Å²) in [6.45, 7) is 0.662. The number of hydrogen-bond donors (Lipinski definition) is 0. The van der Waals surface area contributed by atoms with Crippen molar-refractivity contribution in [1.29, 1.82) is 0 Å². The maximum Gasteiger partial charge on any atom is 0.252 e. The molecule has 162 valence electrons. The molecule has 3 heterocycles. The maximum absolute atomic E-state index is 13.0. The van der Waals surface area contributed by atoms with Gasteiger partial charge in [0.2, 0.25) is 0 Å². The molecular formula is C20H17Cl2N3O3S3. The van der Waals surface area contributed by atoms with Crippen molar-refractivity contribution >= 4 is 72.0 Å². The van der Waals surface area contributed by atoms with Crippen molar-refractivity contribution < 1.29 is 13.2 Å². The lowest BCUT2D eigenvalue weighted by Crippen LogP contribution is -2.42. The second-order valence-electron chi connectivity index (χ2n) is 6.97. The van der Waals surface area contributed by atoms with Crippen LogP contribution in [0, 0.1) is 18.3 Å². The number of aromatic nitrogens is 1. The van der Waals surface area contributed by atoms with Crippen LogP contribution in [0.4, 0.5) is 0 Å². The largest absolute Gasteiger partial charge is 0.303 e. The zero-order valence-electron chi connectivity index (χ0n) is 16.1. The number of thiazole rings is 1. The number of carbonyl (C=O) groups is 1. The molecule has 0 aliphatic carbocycles. The van der Waals surface area contributed by atoms with E-state index in [1.165, 1.54) is 15.6 Å². The van der Waals surface area contributed by atoms with Gasteiger partial charge in [-0.3, -0.25) is 4.79 Å². The van der Waals surface area contributed by atoms with Gasteiger partial charge in [0.25, 0.3) is 15.9 Å². The number of fused-ring (bicyclic) bond motifs is 1. The Balaban J connectivity index is 1.68. The number of hydrogen-bond acceptors (Lipinski definition) is 5. The molecule has 0 bridgehead atoms. The van der Waals surface area contributed by atoms with Gasteiger partial charge >= 0.3 is 0 Å². The van der Waals surface area contributed by atoms with Gasteiger partial charge in [0, 0.05) is 13.1 Å². The Kier molecular flexibility index (Phi) is 6.58. The number of halogens is 2. The predicted octanol–water partition coefficient (Wildman–Crippen LogP) is 4.23. The van der Waals surface area contributed by atoms with E-state index >= 15 is 0 Å². The van der Waals surface area contributed by atoms with Crippen LogP contribution >= 0.6 is 45.9 Å². The molecule has 0 N–H and O–H groups in total. The molecule has 0 saturated carbocycles. The molecule has 1 unspecified atom stereocenters. The fourth-order valence-corrected chi connectivity index (χ4v) is 7.84. The molecule has 1 aliphatic heterocycles. The molecule has 2 aromatic heterocycles. The molecule has 1 fully saturated rings. The third kappa shape index (κ3) is 4.33. The van der Waals surface area contributed by atoms with E-state index in [9.17, 15) is 13.2 Å². The molecule has 31 heavy (non-hydrogen) atoms. The Morgan fingerprint density at radius 1 is 1.29 bits per heavy atom. The van der Waals surface area contributed by atoms with Crippen LogP contribution in [0.15, 0.2) is 38.8 Å². The van der Waals surface area contributed by atoms with Crippen LogP contribution in [-0.4, -0.2) is 36.3 Å². The van der Waals surface area contributed by atoms with Crippen molar-refractivity contribution in [2.45, 2.75) is 23.6 Å². The molecule has 4 rings (SSSR count). The lowest BCUT2D eigenvalue weighted by atomic mass is 9.99. The maximum atomic E-state index is 13.0. The molecule has 3 aromatic rings. The summed E-state index contributed by atoms with van der Waals surface area (Å²) in [6.07, 6.45) is 6.67. The number of terminal acetylenes is 1. The second kappa shape index (κ2) is 9.06. The Morgan fingerprint density at radius 2 is 2.06 bits per heavy atom. The van der Waals surface area contributed by atoms with Gasteiger partial charge in [0.15, 0.2) is 4.80 Å². The van der Waals surface area contributed by atoms with E-state index in [4.69, 9.17) is 29.6 Å². The highest BCUT2D eigenvalue weighted by Gasteiger charge is 2.33. The Labute approximate surface area is 197 Å². The van der Waals surface area contributed by atoms with Crippen LogP contribution in [0.5, 0.6) is 0 Å². The van der Waals surface area contributed by atoms with Crippen molar-refractivity contribution in [2.24, 2.45) is 10.9 Å². The third-order valence-corrected chi connectivity index (χ3v) is 10.1. The number of carbonyl (C=O) groups excluding carboxylic acids is 1. The Morgan fingerprint density at radius 3 is 2.77 bits per heavy atom. The van der Waals surface area contributed by atoms with Crippen molar-refractivity contribution in [3.8, 4) is 12.3 Å². The molecule has 1 saturated heterocycles. The molecular weight excluding hydrogens is 497 g/mol. The first-order chi connectivity index (χ1) is 14.8. The van der Waals surface area contributed by atoms with Gasteiger partial charge in [0.05, 0.1) is 32.7 Å². The molecule has 1 aromatic carbocycles. The average Bonchev–Trinajstić information content (AvgIpc) is 3.41. The fourth-order valence-electron chi connectivity index (χ4n) is 3.52. The highest BCUT2D eigenvalue weighted by molar-refractivity contribution is 7.91. The molecule has 1 aliphatic rings. The van der Waals surface area contributed by atoms with E-state index in [2.05, 4.69) is 10.9 Å². The molecule has 1 amide bonds. The van der Waals surface area contributed by atoms with Gasteiger partial charge in [-0.05, 0) is 36.4 Å². The summed E-state index contributed by atoms with van der Waals surface area (Å²) in [6, 6.07) is 6.62. The quantitative estimate of drug-likeness (QED) is 0.490. The number of sulfonamides is 1. The number of nitrogens with zero attached hydrogens (tertiary/aromatic N) is 3. The molecule has 11 heteroatoms. The highest BCUT2D eigenvalue weighted by Crippen LogP contribution is 2.32. The lowest BCUT2D eigenvalue weighted by molar-refractivity contribution is -0.122. The van der Waals surface area contributed by atoms with Gasteiger partial charge in [-0.15, -0.1) is 17.8 Å². The van der Waals surface area contributed by atoms with E-state index < -0.39 is 15.9 Å². The second-order valence-corrected chi connectivity index (χ2v) is 11.9. The van der Waals surface area contributed by atoms with Gasteiger partial charge in [-0.25, -0.2) is 8.42 Å². The van der Waals surface area contributed by atoms with Crippen LogP contribution in [0.1, 0.15) is 12.8 Å². The first-order valence-electron chi connectivity index (χ1n) is 9.36. The fraction of sp³-hybridized carbons (Fsp3) is 0.300. The summed E-state index contributed by atoms with van der Waals surface area (Å²) >= 11 is 15.1. The van der Waals surface area contributed by atoms with Crippen LogP contribution in [0.3, 0.4) is 0 Å². The molecule has 6 nitrogen and oxygen atoms in total. The zero-order chi connectivity index (χ0) is 22.2. The van der Waals surface area contributed by atoms with E-state index in [0.29, 0.717) is 44.4 Å². The number of thiophene rings is 1. The SMILES string of the molecule is C#CCn1c(=NC(=O)C2CCCN(S(=O)(=O)c3cccs3)C2)sc2c(Cl)ccc(Cl)c21. The van der Waals surface area contributed by atoms with Crippen molar-refractivity contribution in [3.05, 3.63) is 44.5 Å². The van der Waals surface area contributed by atoms with Crippen molar-refractivity contribution in [2.75, 3.05) is 13.1 Å². The van der Waals surface area contributed by atoms with Gasteiger partial charge in [0.1, 0.15) is 4.21 Å². The van der Waals surface area contributed by atoms with Crippen LogP contribution in [0.25, 0.3) is 10.2 Å². The highest BCUT2D eigenvalue weighted by atomic mass is 35.5. The zero-order valence-corrected chi connectivity index (χ0v) is 20.1. The normalized spacial score (nSPS) is 18.4. The Bertz CT molecular complexity index is 1350. The van der Waals surface area contributed by atoms with E-state index in [1.54, 1.807) is 34.2 Å². The standard InChI is InChI=1S/C20H17Cl2N3O3S3/c1-2-9-25-17-14(21)7-8-15(22)18(17)30-20(25)23-19(26)13-5-3-10-24(12-13)31(27,28)16-6-4-11-29-16/h1,4,6-8,11,13H,3,5,9-10,12H2. The minimum Gasteiger partial charge on any atom is -0.303 e. The minimum atomic E-state index is -3.61. The number of piperidine rings is 1. The number of rotatable bonds is 4. The minimum absolute atomic E-state index is 0.101. The van der Waals surface area contributed by atoms with Crippen LogP contribution < -0.4 is 4.80 Å². The average molecular weight is 514 g/mol. The summed E-state index contributed by atoms with van der Waals surface area (Å²) in [5, 5.41) is 2.68. The summed E-state index contributed by atoms with van der Waals surface area (Å²) in [7, 11) is -3.61. The predicted molar refractivity (Wildman–Crippen MR) is 125 cm³/mol. The summed E-state index contributed by atoms with van der Waals surface area (Å²) < 4.78 is 29.7. The van der Waals surface area contributed by atoms with Crippen LogP contribution in [-0.2, 0) is 21.4 Å². The van der Waals surface area contributed by atoms with E-state index in [1.807, 2.05) is 0 Å².